The van der Waals surface area contributed by atoms with E-state index in [9.17, 15) is 9.59 Å². The summed E-state index contributed by atoms with van der Waals surface area (Å²) in [6.45, 7) is 24.2. The molecule has 1 amide bonds. The summed E-state index contributed by atoms with van der Waals surface area (Å²) in [5.74, 6) is 1.85. The Labute approximate surface area is 209 Å². The Kier molecular flexibility index (Phi) is 10.00. The molecule has 196 valence electrons. The molecule has 2 saturated heterocycles. The molecule has 3 rings (SSSR count). The lowest BCUT2D eigenvalue weighted by atomic mass is 9.77. The minimum Gasteiger partial charge on any atom is -0.340 e. The minimum atomic E-state index is 0.118. The molecule has 1 aliphatic carbocycles. The molecule has 3 fully saturated rings. The number of rotatable bonds is 9. The molecule has 0 atom stereocenters. The number of Topliss-reactive ketones (excluding diaryl/α,β-unsaturated/α-hetero) is 1. The van der Waals surface area contributed by atoms with Gasteiger partial charge in [-0.2, -0.15) is 0 Å². The van der Waals surface area contributed by atoms with Crippen LogP contribution in [-0.2, 0) is 9.59 Å². The Balaban J connectivity index is 1.29. The van der Waals surface area contributed by atoms with E-state index in [0.717, 1.165) is 58.4 Å². The van der Waals surface area contributed by atoms with Gasteiger partial charge >= 0.3 is 0 Å². The first-order valence-corrected chi connectivity index (χ1v) is 14.1. The fourth-order valence-electron chi connectivity index (χ4n) is 5.98. The van der Waals surface area contributed by atoms with Crippen LogP contribution in [-0.4, -0.2) is 102 Å². The fourth-order valence-corrected chi connectivity index (χ4v) is 5.98. The smallest absolute Gasteiger partial charge is 0.225 e. The van der Waals surface area contributed by atoms with Crippen LogP contribution in [0.1, 0.15) is 73.6 Å². The van der Waals surface area contributed by atoms with Crippen molar-refractivity contribution < 1.29 is 9.59 Å². The predicted molar refractivity (Wildman–Crippen MR) is 140 cm³/mol. The summed E-state index contributed by atoms with van der Waals surface area (Å²) in [5, 5.41) is 0. The van der Waals surface area contributed by atoms with Crippen LogP contribution >= 0.6 is 0 Å². The van der Waals surface area contributed by atoms with E-state index in [1.165, 1.54) is 39.1 Å². The van der Waals surface area contributed by atoms with Crippen LogP contribution < -0.4 is 0 Å². The van der Waals surface area contributed by atoms with E-state index < -0.39 is 0 Å². The zero-order valence-corrected chi connectivity index (χ0v) is 23.0. The van der Waals surface area contributed by atoms with Crippen molar-refractivity contribution in [1.82, 2.24) is 19.6 Å². The number of carbonyl (C=O) groups is 2. The largest absolute Gasteiger partial charge is 0.340 e. The maximum absolute atomic E-state index is 13.0. The number of hydrogen-bond donors (Lipinski definition) is 0. The fraction of sp³-hybridized carbons (Fsp3) is 0.929. The van der Waals surface area contributed by atoms with E-state index in [4.69, 9.17) is 0 Å². The summed E-state index contributed by atoms with van der Waals surface area (Å²) in [6.07, 6.45) is 4.80. The van der Waals surface area contributed by atoms with Gasteiger partial charge in [-0.15, -0.1) is 0 Å². The molecule has 0 aromatic carbocycles. The Morgan fingerprint density at radius 1 is 0.735 bits per heavy atom. The zero-order chi connectivity index (χ0) is 24.9. The molecule has 6 nitrogen and oxygen atoms in total. The first kappa shape index (κ1) is 27.6. The number of amides is 1. The average Bonchev–Trinajstić information content (AvgIpc) is 2.84. The summed E-state index contributed by atoms with van der Waals surface area (Å²) < 4.78 is 0. The third-order valence-electron chi connectivity index (χ3n) is 9.28. The highest BCUT2D eigenvalue weighted by atomic mass is 16.2. The third-order valence-corrected chi connectivity index (χ3v) is 9.28. The molecule has 6 heteroatoms. The molecule has 34 heavy (non-hydrogen) atoms. The number of piperazine rings is 2. The normalized spacial score (nSPS) is 26.4. The quantitative estimate of drug-likeness (QED) is 0.509. The van der Waals surface area contributed by atoms with E-state index in [1.807, 2.05) is 13.8 Å². The standard InChI is InChI=1S/C28H52N4O2/c1-22(2)26(33)24-8-10-25(11-9-24)27(34)31-18-14-29(15-19-31)12-7-13-30-16-20-32(21-17-30)28(5,6)23(3)4/h22-25H,7-21H2,1-6H3. The first-order chi connectivity index (χ1) is 16.1. The van der Waals surface area contributed by atoms with Gasteiger partial charge in [-0.25, -0.2) is 0 Å². The molecule has 1 saturated carbocycles. The molecule has 0 aromatic heterocycles. The second-order valence-corrected chi connectivity index (χ2v) is 12.3. The van der Waals surface area contributed by atoms with Crippen molar-refractivity contribution in [2.75, 3.05) is 65.4 Å². The topological polar surface area (TPSA) is 47.1 Å². The van der Waals surface area contributed by atoms with Gasteiger partial charge in [0.05, 0.1) is 0 Å². The SMILES string of the molecule is CC(C)C(=O)C1CCC(C(=O)N2CCN(CCCN3CCN(C(C)(C)C(C)C)CC3)CC2)CC1. The van der Waals surface area contributed by atoms with E-state index in [-0.39, 0.29) is 23.3 Å². The molecule has 0 N–H and O–H groups in total. The van der Waals surface area contributed by atoms with Crippen molar-refractivity contribution >= 4 is 11.7 Å². The van der Waals surface area contributed by atoms with Crippen molar-refractivity contribution in [3.05, 3.63) is 0 Å². The van der Waals surface area contributed by atoms with Gasteiger partial charge in [0.15, 0.2) is 0 Å². The van der Waals surface area contributed by atoms with E-state index in [2.05, 4.69) is 47.3 Å². The second-order valence-electron chi connectivity index (χ2n) is 12.3. The molecule has 2 heterocycles. The maximum Gasteiger partial charge on any atom is 0.225 e. The Hall–Kier alpha value is -0.980. The van der Waals surface area contributed by atoms with Gasteiger partial charge in [0, 0.05) is 75.7 Å². The van der Waals surface area contributed by atoms with Gasteiger partial charge in [-0.05, 0) is 65.0 Å². The van der Waals surface area contributed by atoms with E-state index in [1.54, 1.807) is 0 Å². The second kappa shape index (κ2) is 12.3. The molecule has 3 aliphatic rings. The van der Waals surface area contributed by atoms with Gasteiger partial charge in [0.25, 0.3) is 0 Å². The summed E-state index contributed by atoms with van der Waals surface area (Å²) in [5.41, 5.74) is 0.286. The van der Waals surface area contributed by atoms with Crippen LogP contribution in [0.5, 0.6) is 0 Å². The summed E-state index contributed by atoms with van der Waals surface area (Å²) in [4.78, 5) is 35.3. The van der Waals surface area contributed by atoms with Gasteiger partial charge < -0.3 is 9.80 Å². The Morgan fingerprint density at radius 2 is 1.21 bits per heavy atom. The van der Waals surface area contributed by atoms with Gasteiger partial charge in [0.2, 0.25) is 5.91 Å². The van der Waals surface area contributed by atoms with Crippen LogP contribution in [0.3, 0.4) is 0 Å². The van der Waals surface area contributed by atoms with Crippen molar-refractivity contribution in [2.24, 2.45) is 23.7 Å². The highest BCUT2D eigenvalue weighted by molar-refractivity contribution is 5.84. The summed E-state index contributed by atoms with van der Waals surface area (Å²) >= 11 is 0. The molecule has 0 radical (unpaired) electrons. The van der Waals surface area contributed by atoms with Gasteiger partial charge in [-0.3, -0.25) is 19.4 Å². The third kappa shape index (κ3) is 7.04. The lowest BCUT2D eigenvalue weighted by Crippen LogP contribution is -2.56. The lowest BCUT2D eigenvalue weighted by molar-refractivity contribution is -0.140. The highest BCUT2D eigenvalue weighted by Crippen LogP contribution is 2.32. The molecule has 0 unspecified atom stereocenters. The van der Waals surface area contributed by atoms with Gasteiger partial charge in [0.1, 0.15) is 5.78 Å². The van der Waals surface area contributed by atoms with Crippen LogP contribution in [0.15, 0.2) is 0 Å². The predicted octanol–water partition coefficient (Wildman–Crippen LogP) is 3.60. The number of carbonyl (C=O) groups excluding carboxylic acids is 2. The maximum atomic E-state index is 13.0. The van der Waals surface area contributed by atoms with Crippen LogP contribution in [0.4, 0.5) is 0 Å². The van der Waals surface area contributed by atoms with Crippen molar-refractivity contribution in [3.63, 3.8) is 0 Å². The Bertz CT molecular complexity index is 653. The highest BCUT2D eigenvalue weighted by Gasteiger charge is 2.34. The van der Waals surface area contributed by atoms with E-state index >= 15 is 0 Å². The van der Waals surface area contributed by atoms with E-state index in [0.29, 0.717) is 17.6 Å². The van der Waals surface area contributed by atoms with Gasteiger partial charge in [-0.1, -0.05) is 27.7 Å². The monoisotopic (exact) mass is 476 g/mol. The molecule has 0 bridgehead atoms. The van der Waals surface area contributed by atoms with Crippen molar-refractivity contribution in [1.29, 1.82) is 0 Å². The molecule has 0 aromatic rings. The van der Waals surface area contributed by atoms with Crippen molar-refractivity contribution in [2.45, 2.75) is 79.2 Å². The Morgan fingerprint density at radius 3 is 1.68 bits per heavy atom. The van der Waals surface area contributed by atoms with Crippen LogP contribution in [0, 0.1) is 23.7 Å². The van der Waals surface area contributed by atoms with Crippen molar-refractivity contribution in [3.8, 4) is 0 Å². The first-order valence-electron chi connectivity index (χ1n) is 14.1. The summed E-state index contributed by atoms with van der Waals surface area (Å²) in [7, 11) is 0. The molecule has 0 spiro atoms. The van der Waals surface area contributed by atoms with Crippen LogP contribution in [0.2, 0.25) is 0 Å². The number of nitrogens with zero attached hydrogens (tertiary/aromatic N) is 4. The van der Waals surface area contributed by atoms with Crippen LogP contribution in [0.25, 0.3) is 0 Å². The summed E-state index contributed by atoms with van der Waals surface area (Å²) in [6, 6.07) is 0. The lowest BCUT2D eigenvalue weighted by Gasteiger charge is -2.46. The molecular weight excluding hydrogens is 424 g/mol. The zero-order valence-electron chi connectivity index (χ0n) is 23.0. The molecular formula is C28H52N4O2. The average molecular weight is 477 g/mol. The molecule has 2 aliphatic heterocycles. The number of ketones is 1. The minimum absolute atomic E-state index is 0.118. The number of hydrogen-bond acceptors (Lipinski definition) is 5.